The number of hydrogen-bond acceptors (Lipinski definition) is 5. The summed E-state index contributed by atoms with van der Waals surface area (Å²) in [4.78, 5) is 8.56. The van der Waals surface area contributed by atoms with Crippen LogP contribution in [-0.2, 0) is 6.42 Å². The van der Waals surface area contributed by atoms with Crippen molar-refractivity contribution in [3.8, 4) is 5.82 Å². The van der Waals surface area contributed by atoms with Crippen LogP contribution in [0.2, 0.25) is 5.02 Å². The Morgan fingerprint density at radius 3 is 2.76 bits per heavy atom. The number of hydrogen-bond donors (Lipinski definition) is 2. The molecular weight excluding hydrogens is 240 g/mol. The van der Waals surface area contributed by atoms with Crippen molar-refractivity contribution < 1.29 is 0 Å². The van der Waals surface area contributed by atoms with Crippen LogP contribution in [0, 0.1) is 6.92 Å². The Morgan fingerprint density at radius 1 is 1.47 bits per heavy atom. The number of nitrogens with zero attached hydrogens (tertiary/aromatic N) is 4. The van der Waals surface area contributed by atoms with Crippen molar-refractivity contribution in [2.75, 3.05) is 5.43 Å². The number of hydrazine groups is 1. The van der Waals surface area contributed by atoms with Crippen LogP contribution in [-0.4, -0.2) is 19.7 Å². The predicted molar refractivity (Wildman–Crippen MR) is 66.1 cm³/mol. The number of rotatable bonds is 3. The molecule has 0 spiro atoms. The van der Waals surface area contributed by atoms with Crippen LogP contribution >= 0.6 is 11.6 Å². The third-order valence-corrected chi connectivity index (χ3v) is 2.67. The van der Waals surface area contributed by atoms with Gasteiger partial charge in [0.05, 0.1) is 16.9 Å². The molecule has 0 saturated heterocycles. The van der Waals surface area contributed by atoms with Crippen molar-refractivity contribution in [3.63, 3.8) is 0 Å². The lowest BCUT2D eigenvalue weighted by Crippen LogP contribution is -2.12. The third kappa shape index (κ3) is 2.37. The molecule has 0 bridgehead atoms. The number of nitrogen functional groups attached to an aromatic ring is 1. The summed E-state index contributed by atoms with van der Waals surface area (Å²) in [5.74, 6) is 7.24. The molecule has 2 aromatic heterocycles. The highest BCUT2D eigenvalue weighted by atomic mass is 35.5. The molecule has 0 fully saturated rings. The summed E-state index contributed by atoms with van der Waals surface area (Å²) in [6.45, 7) is 3.81. The van der Waals surface area contributed by atoms with Gasteiger partial charge in [0.1, 0.15) is 11.6 Å². The van der Waals surface area contributed by atoms with Crippen LogP contribution in [0.25, 0.3) is 5.82 Å². The van der Waals surface area contributed by atoms with E-state index in [2.05, 4.69) is 20.5 Å². The summed E-state index contributed by atoms with van der Waals surface area (Å²) in [5, 5.41) is 4.86. The van der Waals surface area contributed by atoms with Gasteiger partial charge in [-0.25, -0.2) is 20.5 Å². The maximum atomic E-state index is 5.96. The zero-order valence-electron chi connectivity index (χ0n) is 9.61. The molecule has 0 saturated carbocycles. The zero-order chi connectivity index (χ0) is 12.4. The van der Waals surface area contributed by atoms with Crippen LogP contribution in [0.5, 0.6) is 0 Å². The summed E-state index contributed by atoms with van der Waals surface area (Å²) in [5.41, 5.74) is 3.26. The van der Waals surface area contributed by atoms with E-state index >= 15 is 0 Å². The van der Waals surface area contributed by atoms with E-state index in [1.807, 2.05) is 13.8 Å². The van der Waals surface area contributed by atoms with E-state index in [-0.39, 0.29) is 0 Å². The number of nitrogens with one attached hydrogen (secondary N) is 1. The third-order valence-electron chi connectivity index (χ3n) is 2.30. The van der Waals surface area contributed by atoms with E-state index < -0.39 is 0 Å². The van der Waals surface area contributed by atoms with Gasteiger partial charge in [-0.2, -0.15) is 5.10 Å². The summed E-state index contributed by atoms with van der Waals surface area (Å²) in [6.07, 6.45) is 2.43. The van der Waals surface area contributed by atoms with Gasteiger partial charge in [0.15, 0.2) is 5.82 Å². The Bertz CT molecular complexity index is 494. The van der Waals surface area contributed by atoms with Gasteiger partial charge in [-0.1, -0.05) is 18.5 Å². The number of aromatic nitrogens is 4. The Morgan fingerprint density at radius 2 is 2.24 bits per heavy atom. The first-order valence-electron chi connectivity index (χ1n) is 5.20. The summed E-state index contributed by atoms with van der Waals surface area (Å²) < 4.78 is 1.61. The largest absolute Gasteiger partial charge is 0.308 e. The van der Waals surface area contributed by atoms with Crippen LogP contribution in [0.4, 0.5) is 5.82 Å². The number of aryl methyl sites for hydroxylation is 2. The topological polar surface area (TPSA) is 81.6 Å². The number of halogens is 1. The standard InChI is InChI=1S/C10H13ClN6/c1-3-8-13-9(15-12)4-10(14-8)17-5-7(11)6(2)16-17/h4-5H,3,12H2,1-2H3,(H,13,14,15). The van der Waals surface area contributed by atoms with E-state index in [1.54, 1.807) is 16.9 Å². The molecule has 0 radical (unpaired) electrons. The molecule has 2 rings (SSSR count). The molecule has 0 aliphatic rings. The molecule has 90 valence electrons. The smallest absolute Gasteiger partial charge is 0.159 e. The number of anilines is 1. The van der Waals surface area contributed by atoms with E-state index in [9.17, 15) is 0 Å². The lowest BCUT2D eigenvalue weighted by molar-refractivity contribution is 0.804. The van der Waals surface area contributed by atoms with Crippen molar-refractivity contribution in [2.24, 2.45) is 5.84 Å². The Hall–Kier alpha value is -1.66. The van der Waals surface area contributed by atoms with Gasteiger partial charge in [-0.15, -0.1) is 0 Å². The van der Waals surface area contributed by atoms with Crippen LogP contribution in [0.1, 0.15) is 18.4 Å². The SMILES string of the molecule is CCc1nc(NN)cc(-n2cc(Cl)c(C)n2)n1. The van der Waals surface area contributed by atoms with Gasteiger partial charge in [0.2, 0.25) is 0 Å². The maximum absolute atomic E-state index is 5.96. The fraction of sp³-hybridized carbons (Fsp3) is 0.300. The van der Waals surface area contributed by atoms with Gasteiger partial charge in [-0.3, -0.25) is 0 Å². The quantitative estimate of drug-likeness (QED) is 0.639. The minimum absolute atomic E-state index is 0.552. The molecule has 6 nitrogen and oxygen atoms in total. The van der Waals surface area contributed by atoms with Gasteiger partial charge in [-0.05, 0) is 6.92 Å². The molecule has 0 aliphatic heterocycles. The van der Waals surface area contributed by atoms with Crippen LogP contribution in [0.3, 0.4) is 0 Å². The monoisotopic (exact) mass is 252 g/mol. The summed E-state index contributed by atoms with van der Waals surface area (Å²) >= 11 is 5.96. The summed E-state index contributed by atoms with van der Waals surface area (Å²) in [7, 11) is 0. The molecule has 0 amide bonds. The molecular formula is C10H13ClN6. The van der Waals surface area contributed by atoms with Gasteiger partial charge >= 0.3 is 0 Å². The average molecular weight is 253 g/mol. The second kappa shape index (κ2) is 4.68. The molecule has 3 N–H and O–H groups in total. The van der Waals surface area contributed by atoms with Crippen molar-refractivity contribution in [3.05, 3.63) is 28.8 Å². The van der Waals surface area contributed by atoms with Gasteiger partial charge < -0.3 is 5.43 Å². The van der Waals surface area contributed by atoms with Crippen molar-refractivity contribution >= 4 is 17.4 Å². The Labute approximate surface area is 104 Å². The van der Waals surface area contributed by atoms with E-state index in [4.69, 9.17) is 17.4 Å². The van der Waals surface area contributed by atoms with Crippen molar-refractivity contribution in [1.82, 2.24) is 19.7 Å². The van der Waals surface area contributed by atoms with Crippen molar-refractivity contribution in [2.45, 2.75) is 20.3 Å². The first-order valence-corrected chi connectivity index (χ1v) is 5.58. The second-order valence-electron chi connectivity index (χ2n) is 3.53. The minimum Gasteiger partial charge on any atom is -0.308 e. The average Bonchev–Trinajstić information content (AvgIpc) is 2.69. The van der Waals surface area contributed by atoms with E-state index in [1.165, 1.54) is 0 Å². The fourth-order valence-corrected chi connectivity index (χ4v) is 1.52. The lowest BCUT2D eigenvalue weighted by Gasteiger charge is -2.06. The van der Waals surface area contributed by atoms with Crippen molar-refractivity contribution in [1.29, 1.82) is 0 Å². The Kier molecular flexibility index (Phi) is 3.26. The maximum Gasteiger partial charge on any atom is 0.159 e. The number of nitrogens with two attached hydrogens (primary N) is 1. The second-order valence-corrected chi connectivity index (χ2v) is 3.94. The minimum atomic E-state index is 0.552. The predicted octanol–water partition coefficient (Wildman–Crippen LogP) is 1.47. The normalized spacial score (nSPS) is 10.6. The highest BCUT2D eigenvalue weighted by Gasteiger charge is 2.08. The molecule has 0 aliphatic carbocycles. The Balaban J connectivity index is 2.50. The molecule has 0 unspecified atom stereocenters. The fourth-order valence-electron chi connectivity index (χ4n) is 1.39. The molecule has 2 aromatic rings. The van der Waals surface area contributed by atoms with Crippen LogP contribution < -0.4 is 11.3 Å². The van der Waals surface area contributed by atoms with Crippen LogP contribution in [0.15, 0.2) is 12.3 Å². The zero-order valence-corrected chi connectivity index (χ0v) is 10.4. The van der Waals surface area contributed by atoms with Gasteiger partial charge in [0.25, 0.3) is 0 Å². The highest BCUT2D eigenvalue weighted by molar-refractivity contribution is 6.31. The highest BCUT2D eigenvalue weighted by Crippen LogP contribution is 2.16. The lowest BCUT2D eigenvalue weighted by atomic mass is 10.4. The first kappa shape index (κ1) is 11.8. The molecule has 7 heteroatoms. The van der Waals surface area contributed by atoms with Gasteiger partial charge in [0, 0.05) is 12.5 Å². The molecule has 0 aromatic carbocycles. The molecule has 2 heterocycles. The first-order chi connectivity index (χ1) is 8.13. The van der Waals surface area contributed by atoms with E-state index in [0.29, 0.717) is 22.5 Å². The van der Waals surface area contributed by atoms with E-state index in [0.717, 1.165) is 12.1 Å². The molecule has 0 atom stereocenters. The summed E-state index contributed by atoms with van der Waals surface area (Å²) in [6, 6.07) is 1.71. The molecule has 17 heavy (non-hydrogen) atoms.